The van der Waals surface area contributed by atoms with Crippen LogP contribution in [0.5, 0.6) is 0 Å². The van der Waals surface area contributed by atoms with Crippen molar-refractivity contribution in [1.29, 1.82) is 0 Å². The van der Waals surface area contributed by atoms with Crippen molar-refractivity contribution >= 4 is 40.1 Å². The highest BCUT2D eigenvalue weighted by atomic mass is 35.5. The van der Waals surface area contributed by atoms with Gasteiger partial charge in [-0.25, -0.2) is 0 Å². The van der Waals surface area contributed by atoms with Crippen molar-refractivity contribution in [3.63, 3.8) is 0 Å². The van der Waals surface area contributed by atoms with Crippen molar-refractivity contribution in [2.75, 3.05) is 0 Å². The van der Waals surface area contributed by atoms with E-state index in [0.717, 1.165) is 5.39 Å². The van der Waals surface area contributed by atoms with E-state index in [0.29, 0.717) is 21.1 Å². The molecule has 0 radical (unpaired) electrons. The third-order valence-corrected chi connectivity index (χ3v) is 2.85. The van der Waals surface area contributed by atoms with E-state index in [1.165, 1.54) is 13.1 Å². The molecule has 0 bridgehead atoms. The number of rotatable bonds is 2. The summed E-state index contributed by atoms with van der Waals surface area (Å²) in [6.45, 7) is 1.46. The van der Waals surface area contributed by atoms with Gasteiger partial charge < -0.3 is 4.74 Å². The molecule has 0 aliphatic heterocycles. The fourth-order valence-corrected chi connectivity index (χ4v) is 1.90. The zero-order chi connectivity index (χ0) is 12.4. The van der Waals surface area contributed by atoms with E-state index >= 15 is 0 Å². The lowest BCUT2D eigenvalue weighted by atomic mass is 10.1. The van der Waals surface area contributed by atoms with Crippen molar-refractivity contribution in [3.05, 3.63) is 40.0 Å². The molecular formula is C12H9Cl2NO2. The molecule has 1 heterocycles. The van der Waals surface area contributed by atoms with Gasteiger partial charge in [-0.15, -0.1) is 0 Å². The molecule has 1 aromatic carbocycles. The second-order valence-corrected chi connectivity index (χ2v) is 4.38. The molecule has 0 saturated heterocycles. The number of nitrogens with zero attached hydrogens (tertiary/aromatic N) is 1. The molecule has 0 unspecified atom stereocenters. The molecule has 0 fully saturated rings. The number of aromatic nitrogens is 1. The lowest BCUT2D eigenvalue weighted by Crippen LogP contribution is -2.00. The van der Waals surface area contributed by atoms with Crippen molar-refractivity contribution in [2.45, 2.75) is 13.5 Å². The van der Waals surface area contributed by atoms with Crippen LogP contribution in [0.25, 0.3) is 10.9 Å². The maximum absolute atomic E-state index is 10.8. The first-order valence-corrected chi connectivity index (χ1v) is 5.69. The summed E-state index contributed by atoms with van der Waals surface area (Å²) in [6, 6.07) is 5.35. The lowest BCUT2D eigenvalue weighted by molar-refractivity contribution is -0.142. The van der Waals surface area contributed by atoms with Gasteiger partial charge in [-0.05, 0) is 12.1 Å². The van der Waals surface area contributed by atoms with Crippen LogP contribution in [0.15, 0.2) is 24.4 Å². The van der Waals surface area contributed by atoms with Crippen molar-refractivity contribution in [1.82, 2.24) is 4.98 Å². The van der Waals surface area contributed by atoms with Gasteiger partial charge in [0, 0.05) is 29.1 Å². The fraction of sp³-hybridized carbons (Fsp3) is 0.167. The summed E-state index contributed by atoms with van der Waals surface area (Å²) in [4.78, 5) is 15.0. The van der Waals surface area contributed by atoms with Gasteiger partial charge in [0.1, 0.15) is 6.61 Å². The average Bonchev–Trinajstić information content (AvgIpc) is 2.27. The highest BCUT2D eigenvalue weighted by Gasteiger charge is 2.09. The fourth-order valence-electron chi connectivity index (χ4n) is 1.52. The number of halogens is 2. The van der Waals surface area contributed by atoms with Crippen LogP contribution in [0.3, 0.4) is 0 Å². The van der Waals surface area contributed by atoms with Crippen LogP contribution in [-0.4, -0.2) is 11.0 Å². The SMILES string of the molecule is CC(=O)OCc1c(Cl)ccc2cc(Cl)cnc12. The molecule has 17 heavy (non-hydrogen) atoms. The summed E-state index contributed by atoms with van der Waals surface area (Å²) in [6.07, 6.45) is 1.54. The van der Waals surface area contributed by atoms with Crippen molar-refractivity contribution in [3.8, 4) is 0 Å². The number of hydrogen-bond donors (Lipinski definition) is 0. The van der Waals surface area contributed by atoms with Crippen molar-refractivity contribution in [2.24, 2.45) is 0 Å². The van der Waals surface area contributed by atoms with Gasteiger partial charge >= 0.3 is 5.97 Å². The van der Waals surface area contributed by atoms with Crippen LogP contribution in [0.2, 0.25) is 10.0 Å². The van der Waals surface area contributed by atoms with E-state index < -0.39 is 0 Å². The Morgan fingerprint density at radius 3 is 2.88 bits per heavy atom. The summed E-state index contributed by atoms with van der Waals surface area (Å²) in [5, 5.41) is 1.94. The lowest BCUT2D eigenvalue weighted by Gasteiger charge is -2.08. The van der Waals surface area contributed by atoms with Crippen LogP contribution in [0.1, 0.15) is 12.5 Å². The Hall–Kier alpha value is -1.32. The quantitative estimate of drug-likeness (QED) is 0.782. The van der Waals surface area contributed by atoms with Crippen LogP contribution < -0.4 is 0 Å². The van der Waals surface area contributed by atoms with Gasteiger partial charge in [-0.1, -0.05) is 29.3 Å². The van der Waals surface area contributed by atoms with Gasteiger partial charge in [0.25, 0.3) is 0 Å². The Balaban J connectivity index is 2.51. The Bertz CT molecular complexity index is 584. The number of carbonyl (C=O) groups is 1. The maximum Gasteiger partial charge on any atom is 0.302 e. The molecule has 0 aliphatic rings. The van der Waals surface area contributed by atoms with Gasteiger partial charge in [0.2, 0.25) is 0 Å². The molecule has 0 spiro atoms. The monoisotopic (exact) mass is 269 g/mol. The number of ether oxygens (including phenoxy) is 1. The Morgan fingerprint density at radius 2 is 2.18 bits per heavy atom. The number of carbonyl (C=O) groups excluding carboxylic acids is 1. The number of fused-ring (bicyclic) bond motifs is 1. The minimum absolute atomic E-state index is 0.111. The van der Waals surface area contributed by atoms with E-state index in [9.17, 15) is 4.79 Å². The van der Waals surface area contributed by atoms with E-state index in [1.54, 1.807) is 12.1 Å². The van der Waals surface area contributed by atoms with Gasteiger partial charge in [0.05, 0.1) is 10.5 Å². The van der Waals surface area contributed by atoms with Crippen LogP contribution in [0.4, 0.5) is 0 Å². The van der Waals surface area contributed by atoms with Crippen LogP contribution in [-0.2, 0) is 16.1 Å². The summed E-state index contributed by atoms with van der Waals surface area (Å²) in [7, 11) is 0. The molecule has 1 aromatic heterocycles. The Labute approximate surface area is 108 Å². The zero-order valence-corrected chi connectivity index (χ0v) is 10.5. The highest BCUT2D eigenvalue weighted by molar-refractivity contribution is 6.33. The Kier molecular flexibility index (Phi) is 3.50. The average molecular weight is 270 g/mol. The number of benzene rings is 1. The third kappa shape index (κ3) is 2.68. The summed E-state index contributed by atoms with van der Waals surface area (Å²) < 4.78 is 4.95. The topological polar surface area (TPSA) is 39.2 Å². The molecule has 3 nitrogen and oxygen atoms in total. The predicted octanol–water partition coefficient (Wildman–Crippen LogP) is 3.60. The molecule has 2 rings (SSSR count). The summed E-state index contributed by atoms with van der Waals surface area (Å²) in [5.74, 6) is -0.355. The second-order valence-electron chi connectivity index (χ2n) is 3.53. The first kappa shape index (κ1) is 12.1. The number of hydrogen-bond acceptors (Lipinski definition) is 3. The van der Waals surface area contributed by atoms with E-state index in [2.05, 4.69) is 4.98 Å². The van der Waals surface area contributed by atoms with Crippen molar-refractivity contribution < 1.29 is 9.53 Å². The van der Waals surface area contributed by atoms with E-state index in [4.69, 9.17) is 27.9 Å². The summed E-state index contributed by atoms with van der Waals surface area (Å²) in [5.41, 5.74) is 1.39. The number of esters is 1. The molecule has 5 heteroatoms. The van der Waals surface area contributed by atoms with Gasteiger partial charge in [0.15, 0.2) is 0 Å². The number of pyridine rings is 1. The predicted molar refractivity (Wildman–Crippen MR) is 67.2 cm³/mol. The molecular weight excluding hydrogens is 261 g/mol. The van der Waals surface area contributed by atoms with Crippen LogP contribution >= 0.6 is 23.2 Å². The minimum atomic E-state index is -0.355. The largest absolute Gasteiger partial charge is 0.461 e. The van der Waals surface area contributed by atoms with Gasteiger partial charge in [-0.3, -0.25) is 9.78 Å². The van der Waals surface area contributed by atoms with Gasteiger partial charge in [-0.2, -0.15) is 0 Å². The van der Waals surface area contributed by atoms with E-state index in [1.807, 2.05) is 6.07 Å². The molecule has 0 atom stereocenters. The van der Waals surface area contributed by atoms with Crippen LogP contribution in [0, 0.1) is 0 Å². The highest BCUT2D eigenvalue weighted by Crippen LogP contribution is 2.27. The molecule has 2 aromatic rings. The smallest absolute Gasteiger partial charge is 0.302 e. The summed E-state index contributed by atoms with van der Waals surface area (Å²) >= 11 is 11.9. The minimum Gasteiger partial charge on any atom is -0.461 e. The first-order valence-electron chi connectivity index (χ1n) is 4.94. The first-order chi connectivity index (χ1) is 8.08. The molecule has 0 saturated carbocycles. The maximum atomic E-state index is 10.8. The second kappa shape index (κ2) is 4.90. The molecule has 0 amide bonds. The third-order valence-electron chi connectivity index (χ3n) is 2.29. The molecule has 0 aliphatic carbocycles. The molecule has 0 N–H and O–H groups in total. The normalized spacial score (nSPS) is 10.5. The molecule has 88 valence electrons. The Morgan fingerprint density at radius 1 is 1.41 bits per heavy atom. The zero-order valence-electron chi connectivity index (χ0n) is 9.04. The van der Waals surface area contributed by atoms with E-state index in [-0.39, 0.29) is 12.6 Å². The standard InChI is InChI=1S/C12H9Cl2NO2/c1-7(16)17-6-10-11(14)3-2-8-4-9(13)5-15-12(8)10/h2-5H,6H2,1H3.